The van der Waals surface area contributed by atoms with Crippen LogP contribution in [0.25, 0.3) is 5.65 Å². The molecule has 0 aliphatic rings. The van der Waals surface area contributed by atoms with Crippen molar-refractivity contribution >= 4 is 23.2 Å². The number of nitrogens with zero attached hydrogens (tertiary/aromatic N) is 4. The number of carbonyl (C=O) groups is 1. The van der Waals surface area contributed by atoms with Gasteiger partial charge in [-0.05, 0) is 38.0 Å². The van der Waals surface area contributed by atoms with Gasteiger partial charge in [-0.1, -0.05) is 25.5 Å². The van der Waals surface area contributed by atoms with Crippen LogP contribution in [-0.4, -0.2) is 31.6 Å². The summed E-state index contributed by atoms with van der Waals surface area (Å²) in [4.78, 5) is 29.3. The van der Waals surface area contributed by atoms with Crippen LogP contribution in [0, 0.1) is 13.8 Å². The molecule has 0 aliphatic heterocycles. The first-order valence-electron chi connectivity index (χ1n) is 9.05. The Balaban J connectivity index is 1.92. The van der Waals surface area contributed by atoms with Gasteiger partial charge in [-0.2, -0.15) is 0 Å². The number of benzene rings is 1. The molecular weight excluding hydrogens is 344 g/mol. The van der Waals surface area contributed by atoms with Crippen molar-refractivity contribution in [2.45, 2.75) is 40.2 Å². The monoisotopic (exact) mass is 368 g/mol. The predicted octanol–water partition coefficient (Wildman–Crippen LogP) is 2.17. The largest absolute Gasteiger partial charge is 0.354 e. The van der Waals surface area contributed by atoms with Gasteiger partial charge in [0.05, 0.1) is 0 Å². The van der Waals surface area contributed by atoms with Gasteiger partial charge in [-0.15, -0.1) is 5.10 Å². The van der Waals surface area contributed by atoms with E-state index in [0.717, 1.165) is 29.8 Å². The Morgan fingerprint density at radius 3 is 2.78 bits per heavy atom. The minimum atomic E-state index is -0.404. The lowest BCUT2D eigenvalue weighted by molar-refractivity contribution is -0.121. The molecule has 0 unspecified atom stereocenters. The number of anilines is 2. The summed E-state index contributed by atoms with van der Waals surface area (Å²) in [6.07, 6.45) is 1.90. The molecule has 0 spiro atoms. The molecule has 0 atom stereocenters. The highest BCUT2D eigenvalue weighted by molar-refractivity contribution is 5.75. The molecule has 142 valence electrons. The molecule has 27 heavy (non-hydrogen) atoms. The van der Waals surface area contributed by atoms with Gasteiger partial charge in [0.2, 0.25) is 11.9 Å². The van der Waals surface area contributed by atoms with Crippen LogP contribution in [-0.2, 0) is 11.3 Å². The molecule has 8 nitrogen and oxygen atoms in total. The molecule has 0 saturated carbocycles. The number of rotatable bonds is 7. The van der Waals surface area contributed by atoms with Crippen molar-refractivity contribution in [2.75, 3.05) is 11.9 Å². The molecule has 2 heterocycles. The zero-order valence-electron chi connectivity index (χ0n) is 15.8. The van der Waals surface area contributed by atoms with Crippen LogP contribution in [0.3, 0.4) is 0 Å². The summed E-state index contributed by atoms with van der Waals surface area (Å²) in [6, 6.07) is 9.50. The van der Waals surface area contributed by atoms with Gasteiger partial charge in [0.15, 0.2) is 5.65 Å². The van der Waals surface area contributed by atoms with Gasteiger partial charge < -0.3 is 10.6 Å². The fourth-order valence-electron chi connectivity index (χ4n) is 2.79. The zero-order valence-corrected chi connectivity index (χ0v) is 15.8. The number of hydrogen-bond donors (Lipinski definition) is 2. The van der Waals surface area contributed by atoms with Crippen LogP contribution in [0.2, 0.25) is 0 Å². The quantitative estimate of drug-likeness (QED) is 0.624. The summed E-state index contributed by atoms with van der Waals surface area (Å²) < 4.78 is 2.55. The molecule has 0 aliphatic carbocycles. The second-order valence-electron chi connectivity index (χ2n) is 6.55. The molecule has 0 fully saturated rings. The number of hydrogen-bond acceptors (Lipinski definition) is 5. The maximum Gasteiger partial charge on any atom is 0.353 e. The fourth-order valence-corrected chi connectivity index (χ4v) is 2.79. The number of unbranched alkanes of at least 4 members (excludes halogenated alkanes) is 1. The lowest BCUT2D eigenvalue weighted by Crippen LogP contribution is -2.33. The van der Waals surface area contributed by atoms with Gasteiger partial charge in [-0.3, -0.25) is 4.79 Å². The van der Waals surface area contributed by atoms with E-state index in [0.29, 0.717) is 18.1 Å². The predicted molar refractivity (Wildman–Crippen MR) is 104 cm³/mol. The summed E-state index contributed by atoms with van der Waals surface area (Å²) in [5, 5.41) is 10.3. The average molecular weight is 368 g/mol. The summed E-state index contributed by atoms with van der Waals surface area (Å²) in [6.45, 7) is 6.36. The number of aromatic nitrogens is 4. The van der Waals surface area contributed by atoms with Crippen LogP contribution in [0.4, 0.5) is 11.6 Å². The summed E-state index contributed by atoms with van der Waals surface area (Å²) in [5.41, 5.74) is 2.69. The van der Waals surface area contributed by atoms with E-state index in [2.05, 4.69) is 27.6 Å². The van der Waals surface area contributed by atoms with Crippen LogP contribution in [0.1, 0.15) is 31.0 Å². The Morgan fingerprint density at radius 2 is 2.04 bits per heavy atom. The maximum absolute atomic E-state index is 12.8. The van der Waals surface area contributed by atoms with E-state index in [4.69, 9.17) is 0 Å². The lowest BCUT2D eigenvalue weighted by atomic mass is 10.2. The van der Waals surface area contributed by atoms with Crippen molar-refractivity contribution in [3.05, 3.63) is 52.1 Å². The minimum absolute atomic E-state index is 0.118. The van der Waals surface area contributed by atoms with Crippen molar-refractivity contribution in [2.24, 2.45) is 0 Å². The van der Waals surface area contributed by atoms with Gasteiger partial charge in [0.25, 0.3) is 0 Å². The van der Waals surface area contributed by atoms with E-state index >= 15 is 0 Å². The molecule has 2 aromatic heterocycles. The normalized spacial score (nSPS) is 10.9. The number of aryl methyl sites for hydroxylation is 2. The van der Waals surface area contributed by atoms with E-state index < -0.39 is 5.69 Å². The van der Waals surface area contributed by atoms with E-state index in [1.165, 1.54) is 9.08 Å². The van der Waals surface area contributed by atoms with Gasteiger partial charge in [0, 0.05) is 24.0 Å². The zero-order chi connectivity index (χ0) is 19.4. The Hall–Kier alpha value is -3.16. The van der Waals surface area contributed by atoms with Gasteiger partial charge in [-0.25, -0.2) is 18.9 Å². The third-order valence-electron chi connectivity index (χ3n) is 4.12. The SMILES string of the molecule is CCCCNC(=O)Cn1nc2cc(C)nc(Nc3cccc(C)c3)n2c1=O. The Bertz CT molecular complexity index is 1020. The molecule has 8 heteroatoms. The van der Waals surface area contributed by atoms with Gasteiger partial charge in [0.1, 0.15) is 6.54 Å². The van der Waals surface area contributed by atoms with Crippen molar-refractivity contribution in [3.8, 4) is 0 Å². The van der Waals surface area contributed by atoms with Crippen molar-refractivity contribution in [3.63, 3.8) is 0 Å². The Kier molecular flexibility index (Phi) is 5.54. The van der Waals surface area contributed by atoms with Crippen molar-refractivity contribution < 1.29 is 4.79 Å². The highest BCUT2D eigenvalue weighted by atomic mass is 16.2. The summed E-state index contributed by atoms with van der Waals surface area (Å²) >= 11 is 0. The molecule has 3 rings (SSSR count). The summed E-state index contributed by atoms with van der Waals surface area (Å²) in [5.74, 6) is 0.144. The second-order valence-corrected chi connectivity index (χ2v) is 6.55. The molecule has 0 radical (unpaired) electrons. The maximum atomic E-state index is 12.8. The van der Waals surface area contributed by atoms with Crippen LogP contribution in [0.15, 0.2) is 35.1 Å². The molecule has 1 amide bonds. The third-order valence-corrected chi connectivity index (χ3v) is 4.12. The Morgan fingerprint density at radius 1 is 1.22 bits per heavy atom. The van der Waals surface area contributed by atoms with E-state index in [-0.39, 0.29) is 12.5 Å². The number of fused-ring (bicyclic) bond motifs is 1. The smallest absolute Gasteiger partial charge is 0.353 e. The molecule has 2 N–H and O–H groups in total. The fraction of sp³-hybridized carbons (Fsp3) is 0.368. The van der Waals surface area contributed by atoms with Crippen molar-refractivity contribution in [1.82, 2.24) is 24.5 Å². The Labute approximate surface area is 157 Å². The molecule has 1 aromatic carbocycles. The standard InChI is InChI=1S/C19H24N6O2/c1-4-5-9-20-17(26)12-24-19(27)25-16(23-24)11-14(3)21-18(25)22-15-8-6-7-13(2)10-15/h6-8,10-11H,4-5,9,12H2,1-3H3,(H,20,26)(H,21,22). The average Bonchev–Trinajstić information content (AvgIpc) is 2.90. The molecule has 0 bridgehead atoms. The molecule has 3 aromatic rings. The van der Waals surface area contributed by atoms with Crippen molar-refractivity contribution in [1.29, 1.82) is 0 Å². The first-order valence-corrected chi connectivity index (χ1v) is 9.05. The summed E-state index contributed by atoms with van der Waals surface area (Å²) in [7, 11) is 0. The van der Waals surface area contributed by atoms with Crippen LogP contribution < -0.4 is 16.3 Å². The first kappa shape index (κ1) is 18.6. The topological polar surface area (TPSA) is 93.3 Å². The highest BCUT2D eigenvalue weighted by Crippen LogP contribution is 2.16. The molecular formula is C19H24N6O2. The van der Waals surface area contributed by atoms with Gasteiger partial charge >= 0.3 is 5.69 Å². The van der Waals surface area contributed by atoms with E-state index in [1.54, 1.807) is 6.07 Å². The first-order chi connectivity index (χ1) is 13.0. The van der Waals surface area contributed by atoms with Crippen LogP contribution >= 0.6 is 0 Å². The third kappa shape index (κ3) is 4.33. The number of carbonyl (C=O) groups excluding carboxylic acids is 1. The van der Waals surface area contributed by atoms with E-state index in [9.17, 15) is 9.59 Å². The number of amides is 1. The second kappa shape index (κ2) is 8.03. The minimum Gasteiger partial charge on any atom is -0.354 e. The number of nitrogens with one attached hydrogen (secondary N) is 2. The van der Waals surface area contributed by atoms with E-state index in [1.807, 2.05) is 38.1 Å². The molecule has 0 saturated heterocycles. The van der Waals surface area contributed by atoms with Crippen LogP contribution in [0.5, 0.6) is 0 Å². The highest BCUT2D eigenvalue weighted by Gasteiger charge is 2.15. The lowest BCUT2D eigenvalue weighted by Gasteiger charge is -2.08.